The van der Waals surface area contributed by atoms with Gasteiger partial charge in [-0.1, -0.05) is 13.0 Å². The van der Waals surface area contributed by atoms with Crippen LogP contribution in [0, 0.1) is 19.8 Å². The third kappa shape index (κ3) is 3.96. The second kappa shape index (κ2) is 8.33. The van der Waals surface area contributed by atoms with Crippen molar-refractivity contribution >= 4 is 28.9 Å². The highest BCUT2D eigenvalue weighted by Crippen LogP contribution is 2.35. The van der Waals surface area contributed by atoms with Gasteiger partial charge < -0.3 is 5.32 Å². The largest absolute Gasteiger partial charge is 0.344 e. The Bertz CT molecular complexity index is 1390. The van der Waals surface area contributed by atoms with Gasteiger partial charge in [0.1, 0.15) is 23.8 Å². The number of amides is 4. The minimum atomic E-state index is -0.961. The van der Waals surface area contributed by atoms with Gasteiger partial charge in [0.15, 0.2) is 5.65 Å². The number of carbonyl (C=O) groups excluding carboxylic acids is 3. The molecule has 1 aliphatic carbocycles. The summed E-state index contributed by atoms with van der Waals surface area (Å²) in [4.78, 5) is 55.4. The number of aromatic nitrogens is 4. The smallest absolute Gasteiger partial charge is 0.322 e. The van der Waals surface area contributed by atoms with Crippen LogP contribution in [0.25, 0.3) is 16.7 Å². The molecule has 0 unspecified atom stereocenters. The molecule has 11 nitrogen and oxygen atoms in total. The Morgan fingerprint density at radius 3 is 2.51 bits per heavy atom. The molecule has 1 saturated carbocycles. The number of carbonyl (C=O) groups is 3. The molecule has 182 valence electrons. The van der Waals surface area contributed by atoms with Crippen LogP contribution in [0.1, 0.15) is 43.7 Å². The summed E-state index contributed by atoms with van der Waals surface area (Å²) in [5, 5.41) is 8.06. The summed E-state index contributed by atoms with van der Waals surface area (Å²) in [6.07, 6.45) is 5.41. The predicted octanol–water partition coefficient (Wildman–Crippen LogP) is 1.73. The Balaban J connectivity index is 1.34. The van der Waals surface area contributed by atoms with Crippen molar-refractivity contribution in [2.24, 2.45) is 5.92 Å². The van der Waals surface area contributed by atoms with Crippen molar-refractivity contribution in [2.45, 2.75) is 58.5 Å². The number of urea groups is 1. The molecule has 4 amide bonds. The summed E-state index contributed by atoms with van der Waals surface area (Å²) in [5.41, 5.74) is 4.21. The number of fused-ring (bicyclic) bond motifs is 1. The van der Waals surface area contributed by atoms with Crippen LogP contribution in [0.4, 0.5) is 4.79 Å². The molecule has 0 bridgehead atoms. The van der Waals surface area contributed by atoms with E-state index in [-0.39, 0.29) is 5.39 Å². The molecule has 11 heteroatoms. The van der Waals surface area contributed by atoms with Crippen LogP contribution in [0.5, 0.6) is 0 Å². The lowest BCUT2D eigenvalue weighted by Gasteiger charge is -2.33. The number of imide groups is 1. The van der Waals surface area contributed by atoms with Crippen molar-refractivity contribution in [3.05, 3.63) is 52.2 Å². The van der Waals surface area contributed by atoms with Gasteiger partial charge in [-0.25, -0.2) is 14.5 Å². The molecule has 1 aliphatic heterocycles. The normalized spacial score (nSPS) is 22.1. The summed E-state index contributed by atoms with van der Waals surface area (Å²) >= 11 is 0. The average molecular weight is 478 g/mol. The highest BCUT2D eigenvalue weighted by molar-refractivity contribution is 6.08. The second-order valence-electron chi connectivity index (χ2n) is 9.69. The summed E-state index contributed by atoms with van der Waals surface area (Å²) in [7, 11) is 0. The Labute approximate surface area is 201 Å². The summed E-state index contributed by atoms with van der Waals surface area (Å²) in [6, 6.07) is 5.26. The predicted molar refractivity (Wildman–Crippen MR) is 126 cm³/mol. The van der Waals surface area contributed by atoms with E-state index in [2.05, 4.69) is 27.7 Å². The fraction of sp³-hybridized carbons (Fsp3) is 0.417. The van der Waals surface area contributed by atoms with E-state index < -0.39 is 35.5 Å². The minimum absolute atomic E-state index is 0.254. The molecule has 35 heavy (non-hydrogen) atoms. The molecule has 5 rings (SSSR count). The van der Waals surface area contributed by atoms with Crippen molar-refractivity contribution in [1.29, 1.82) is 0 Å². The molecule has 3 aromatic rings. The SMILES string of the molecule is Cc1cc(C)cc(-n2ncc3c(=O)n(CC(=O)NN4C(=O)NC5(CCC(C)CC5)C4=O)cnc32)c1. The van der Waals surface area contributed by atoms with Crippen molar-refractivity contribution in [3.8, 4) is 5.69 Å². The molecule has 0 atom stereocenters. The highest BCUT2D eigenvalue weighted by atomic mass is 16.2. The molecular formula is C24H27N7O4. The van der Waals surface area contributed by atoms with Gasteiger partial charge in [-0.2, -0.15) is 10.1 Å². The van der Waals surface area contributed by atoms with E-state index in [0.717, 1.165) is 39.2 Å². The van der Waals surface area contributed by atoms with E-state index in [1.165, 1.54) is 12.5 Å². The molecule has 1 spiro atoms. The second-order valence-corrected chi connectivity index (χ2v) is 9.69. The van der Waals surface area contributed by atoms with E-state index in [1.807, 2.05) is 32.0 Å². The Kier molecular flexibility index (Phi) is 5.42. The van der Waals surface area contributed by atoms with Crippen molar-refractivity contribution in [2.75, 3.05) is 0 Å². The van der Waals surface area contributed by atoms with Gasteiger partial charge in [0, 0.05) is 0 Å². The number of rotatable bonds is 4. The molecule has 1 saturated heterocycles. The van der Waals surface area contributed by atoms with Crippen LogP contribution < -0.4 is 16.3 Å². The van der Waals surface area contributed by atoms with Gasteiger partial charge in [0.25, 0.3) is 17.4 Å². The highest BCUT2D eigenvalue weighted by Gasteiger charge is 2.52. The fourth-order valence-electron chi connectivity index (χ4n) is 4.95. The Morgan fingerprint density at radius 2 is 1.83 bits per heavy atom. The van der Waals surface area contributed by atoms with Gasteiger partial charge in [-0.05, 0) is 68.7 Å². The van der Waals surface area contributed by atoms with Crippen LogP contribution in [-0.2, 0) is 16.1 Å². The number of hydrogen-bond acceptors (Lipinski definition) is 6. The maximum Gasteiger partial charge on any atom is 0.344 e. The minimum Gasteiger partial charge on any atom is -0.322 e. The number of nitrogens with one attached hydrogen (secondary N) is 2. The maximum absolute atomic E-state index is 13.0. The third-order valence-electron chi connectivity index (χ3n) is 6.85. The zero-order valence-electron chi connectivity index (χ0n) is 19.9. The van der Waals surface area contributed by atoms with Gasteiger partial charge in [0.05, 0.1) is 11.9 Å². The van der Waals surface area contributed by atoms with Crippen molar-refractivity contribution in [3.63, 3.8) is 0 Å². The van der Waals surface area contributed by atoms with Gasteiger partial charge >= 0.3 is 6.03 Å². The van der Waals surface area contributed by atoms with Gasteiger partial charge in [0.2, 0.25) is 0 Å². The van der Waals surface area contributed by atoms with Crippen LogP contribution in [0.15, 0.2) is 35.5 Å². The van der Waals surface area contributed by atoms with Gasteiger partial charge in [-0.15, -0.1) is 0 Å². The molecule has 2 aliphatic rings. The van der Waals surface area contributed by atoms with Crippen molar-refractivity contribution < 1.29 is 14.4 Å². The van der Waals surface area contributed by atoms with Crippen LogP contribution >= 0.6 is 0 Å². The molecule has 3 heterocycles. The first-order chi connectivity index (χ1) is 16.7. The number of hydrogen-bond donors (Lipinski definition) is 2. The lowest BCUT2D eigenvalue weighted by atomic mass is 9.77. The summed E-state index contributed by atoms with van der Waals surface area (Å²) < 4.78 is 2.71. The van der Waals surface area contributed by atoms with Crippen LogP contribution in [-0.4, -0.2) is 47.7 Å². The van der Waals surface area contributed by atoms with E-state index in [9.17, 15) is 19.2 Å². The molecule has 2 N–H and O–H groups in total. The standard InChI is InChI=1S/C24H27N7O4/c1-14-4-6-24(7-5-14)22(34)31(23(35)27-24)28-19(32)12-29-13-25-20-18(21(29)33)11-26-30(20)17-9-15(2)8-16(3)10-17/h8-11,13-14H,4-7,12H2,1-3H3,(H,27,35)(H,28,32). The molecule has 2 aromatic heterocycles. The first kappa shape index (κ1) is 22.8. The monoisotopic (exact) mass is 477 g/mol. The summed E-state index contributed by atoms with van der Waals surface area (Å²) in [5.74, 6) is -0.652. The third-order valence-corrected chi connectivity index (χ3v) is 6.85. The number of aryl methyl sites for hydroxylation is 2. The Hall–Kier alpha value is -4.02. The average Bonchev–Trinajstić information content (AvgIpc) is 3.33. The van der Waals surface area contributed by atoms with Crippen LogP contribution in [0.2, 0.25) is 0 Å². The first-order valence-electron chi connectivity index (χ1n) is 11.6. The van der Waals surface area contributed by atoms with Crippen molar-refractivity contribution in [1.82, 2.24) is 35.1 Å². The zero-order chi connectivity index (χ0) is 24.9. The van der Waals surface area contributed by atoms with E-state index >= 15 is 0 Å². The molecule has 2 fully saturated rings. The maximum atomic E-state index is 13.0. The molecular weight excluding hydrogens is 450 g/mol. The van der Waals surface area contributed by atoms with E-state index in [0.29, 0.717) is 24.4 Å². The number of hydrazine groups is 1. The lowest BCUT2D eigenvalue weighted by Crippen LogP contribution is -2.52. The van der Waals surface area contributed by atoms with Crippen LogP contribution in [0.3, 0.4) is 0 Å². The Morgan fingerprint density at radius 1 is 1.14 bits per heavy atom. The fourth-order valence-corrected chi connectivity index (χ4v) is 4.95. The quantitative estimate of drug-likeness (QED) is 0.550. The zero-order valence-corrected chi connectivity index (χ0v) is 19.9. The summed E-state index contributed by atoms with van der Waals surface area (Å²) in [6.45, 7) is 5.66. The number of nitrogens with zero attached hydrogens (tertiary/aromatic N) is 5. The topological polar surface area (TPSA) is 131 Å². The van der Waals surface area contributed by atoms with E-state index in [4.69, 9.17) is 0 Å². The number of benzene rings is 1. The van der Waals surface area contributed by atoms with E-state index in [1.54, 1.807) is 4.68 Å². The lowest BCUT2D eigenvalue weighted by molar-refractivity contribution is -0.140. The first-order valence-corrected chi connectivity index (χ1v) is 11.6. The molecule has 1 aromatic carbocycles. The molecule has 0 radical (unpaired) electrons. The van der Waals surface area contributed by atoms with Gasteiger partial charge in [-0.3, -0.25) is 24.4 Å².